The van der Waals surface area contributed by atoms with Crippen molar-refractivity contribution in [2.24, 2.45) is 0 Å². The average Bonchev–Trinajstić information content (AvgIpc) is 2.50. The van der Waals surface area contributed by atoms with Gasteiger partial charge in [0.15, 0.2) is 5.69 Å². The molecule has 0 bridgehead atoms. The number of rotatable bonds is 5. The molecule has 0 unspecified atom stereocenters. The first kappa shape index (κ1) is 18.0. The van der Waals surface area contributed by atoms with E-state index < -0.39 is 11.9 Å². The third-order valence-electron chi connectivity index (χ3n) is 3.74. The van der Waals surface area contributed by atoms with Gasteiger partial charge in [0.2, 0.25) is 5.95 Å². The molecule has 1 atom stereocenters. The van der Waals surface area contributed by atoms with Gasteiger partial charge in [0.25, 0.3) is 0 Å². The van der Waals surface area contributed by atoms with Crippen LogP contribution in [0.1, 0.15) is 37.1 Å². The molecule has 1 heterocycles. The van der Waals surface area contributed by atoms with Gasteiger partial charge in [0.1, 0.15) is 5.82 Å². The summed E-state index contributed by atoms with van der Waals surface area (Å²) < 4.78 is 39.4. The maximum absolute atomic E-state index is 13.1. The Morgan fingerprint density at radius 3 is 2.29 bits per heavy atom. The van der Waals surface area contributed by atoms with Crippen LogP contribution in [-0.2, 0) is 6.18 Å². The molecule has 0 fully saturated rings. The number of aryl methyl sites for hydroxylation is 2. The molecule has 0 aliphatic carbocycles. The summed E-state index contributed by atoms with van der Waals surface area (Å²) in [5.41, 5.74) is 1.63. The second-order valence-electron chi connectivity index (χ2n) is 5.81. The normalized spacial score (nSPS) is 12.8. The van der Waals surface area contributed by atoms with Crippen LogP contribution in [0.3, 0.4) is 0 Å². The van der Waals surface area contributed by atoms with Gasteiger partial charge in [0, 0.05) is 17.8 Å². The molecule has 0 amide bonds. The number of nitrogens with one attached hydrogen (secondary N) is 2. The van der Waals surface area contributed by atoms with Gasteiger partial charge in [-0.05, 0) is 38.3 Å². The quantitative estimate of drug-likeness (QED) is 0.799. The number of aromatic nitrogens is 2. The lowest BCUT2D eigenvalue weighted by Crippen LogP contribution is -2.19. The van der Waals surface area contributed by atoms with Crippen LogP contribution in [0, 0.1) is 13.8 Å². The van der Waals surface area contributed by atoms with E-state index in [9.17, 15) is 13.2 Å². The third-order valence-corrected chi connectivity index (χ3v) is 3.74. The zero-order chi connectivity index (χ0) is 17.9. The summed E-state index contributed by atoms with van der Waals surface area (Å²) in [6.07, 6.45) is -3.79. The van der Waals surface area contributed by atoms with E-state index in [0.717, 1.165) is 29.3 Å². The standard InChI is InChI=1S/C17H21F3N4/c1-5-12(4)21-16-22-13(17(18,19)20)9-14(24-16)23-15-10(2)7-6-8-11(15)3/h6-9,12H,5H2,1-4H3,(H2,21,22,23,24)/t12-/m0/s1. The first-order chi connectivity index (χ1) is 11.2. The van der Waals surface area contributed by atoms with Crippen molar-refractivity contribution in [1.82, 2.24) is 9.97 Å². The van der Waals surface area contributed by atoms with Gasteiger partial charge < -0.3 is 10.6 Å². The Morgan fingerprint density at radius 2 is 1.75 bits per heavy atom. The lowest BCUT2D eigenvalue weighted by Gasteiger charge is -2.17. The van der Waals surface area contributed by atoms with Gasteiger partial charge in [0.05, 0.1) is 0 Å². The molecule has 0 radical (unpaired) electrons. The van der Waals surface area contributed by atoms with Crippen LogP contribution in [0.5, 0.6) is 0 Å². The lowest BCUT2D eigenvalue weighted by atomic mass is 10.1. The summed E-state index contributed by atoms with van der Waals surface area (Å²) in [6.45, 7) is 7.57. The molecule has 1 aromatic carbocycles. The molecule has 2 aromatic rings. The van der Waals surface area contributed by atoms with Crippen molar-refractivity contribution in [1.29, 1.82) is 0 Å². The highest BCUT2D eigenvalue weighted by Crippen LogP contribution is 2.31. The minimum Gasteiger partial charge on any atom is -0.352 e. The first-order valence-corrected chi connectivity index (χ1v) is 7.76. The molecule has 0 aliphatic rings. The maximum Gasteiger partial charge on any atom is 0.433 e. The van der Waals surface area contributed by atoms with E-state index in [1.165, 1.54) is 0 Å². The van der Waals surface area contributed by atoms with Gasteiger partial charge in [-0.2, -0.15) is 18.2 Å². The predicted octanol–water partition coefficient (Wildman–Crippen LogP) is 5.07. The molecular weight excluding hydrogens is 317 g/mol. The third kappa shape index (κ3) is 4.37. The van der Waals surface area contributed by atoms with Gasteiger partial charge >= 0.3 is 6.18 Å². The van der Waals surface area contributed by atoms with Gasteiger partial charge in [-0.3, -0.25) is 0 Å². The Hall–Kier alpha value is -2.31. The fraction of sp³-hybridized carbons (Fsp3) is 0.412. The molecule has 2 N–H and O–H groups in total. The second-order valence-corrected chi connectivity index (χ2v) is 5.81. The van der Waals surface area contributed by atoms with Crippen LogP contribution >= 0.6 is 0 Å². The van der Waals surface area contributed by atoms with E-state index in [2.05, 4.69) is 20.6 Å². The van der Waals surface area contributed by atoms with Crippen molar-refractivity contribution in [2.75, 3.05) is 10.6 Å². The highest BCUT2D eigenvalue weighted by molar-refractivity contribution is 5.65. The molecule has 7 heteroatoms. The number of para-hydroxylation sites is 1. The van der Waals surface area contributed by atoms with Gasteiger partial charge in [-0.25, -0.2) is 4.98 Å². The molecule has 2 rings (SSSR count). The molecule has 0 spiro atoms. The fourth-order valence-electron chi connectivity index (χ4n) is 2.18. The maximum atomic E-state index is 13.1. The number of halogens is 3. The molecule has 1 aromatic heterocycles. The number of nitrogens with zero attached hydrogens (tertiary/aromatic N) is 2. The van der Waals surface area contributed by atoms with E-state index >= 15 is 0 Å². The second kappa shape index (κ2) is 7.07. The molecule has 4 nitrogen and oxygen atoms in total. The van der Waals surface area contributed by atoms with Crippen LogP contribution < -0.4 is 10.6 Å². The zero-order valence-corrected chi connectivity index (χ0v) is 14.1. The summed E-state index contributed by atoms with van der Waals surface area (Å²) >= 11 is 0. The zero-order valence-electron chi connectivity index (χ0n) is 14.1. The topological polar surface area (TPSA) is 49.8 Å². The van der Waals surface area contributed by atoms with E-state index in [0.29, 0.717) is 0 Å². The number of benzene rings is 1. The Kier molecular flexibility index (Phi) is 5.31. The lowest BCUT2D eigenvalue weighted by molar-refractivity contribution is -0.141. The van der Waals surface area contributed by atoms with Crippen LogP contribution in [0.2, 0.25) is 0 Å². The predicted molar refractivity (Wildman–Crippen MR) is 89.6 cm³/mol. The smallest absolute Gasteiger partial charge is 0.352 e. The van der Waals surface area contributed by atoms with E-state index in [4.69, 9.17) is 0 Å². The van der Waals surface area contributed by atoms with Crippen LogP contribution in [0.15, 0.2) is 24.3 Å². The minimum absolute atomic E-state index is 0.0264. The number of hydrogen-bond donors (Lipinski definition) is 2. The Labute approximate surface area is 139 Å². The van der Waals surface area contributed by atoms with E-state index in [1.54, 1.807) is 0 Å². The number of anilines is 3. The summed E-state index contributed by atoms with van der Waals surface area (Å²) in [6, 6.07) is 6.57. The summed E-state index contributed by atoms with van der Waals surface area (Å²) in [5.74, 6) is 0.0773. The molecule has 0 saturated heterocycles. The monoisotopic (exact) mass is 338 g/mol. The van der Waals surface area contributed by atoms with Crippen molar-refractivity contribution in [3.63, 3.8) is 0 Å². The van der Waals surface area contributed by atoms with Crippen molar-refractivity contribution >= 4 is 17.5 Å². The molecule has 0 saturated carbocycles. The van der Waals surface area contributed by atoms with Crippen LogP contribution in [-0.4, -0.2) is 16.0 Å². The Bertz CT molecular complexity index is 693. The highest BCUT2D eigenvalue weighted by atomic mass is 19.4. The SMILES string of the molecule is CC[C@H](C)Nc1nc(Nc2c(C)cccc2C)cc(C(F)(F)F)n1. The van der Waals surface area contributed by atoms with Crippen molar-refractivity contribution < 1.29 is 13.2 Å². The Balaban J connectivity index is 2.43. The number of alkyl halides is 3. The minimum atomic E-state index is -4.54. The Morgan fingerprint density at radius 1 is 1.12 bits per heavy atom. The van der Waals surface area contributed by atoms with Crippen LogP contribution in [0.4, 0.5) is 30.6 Å². The summed E-state index contributed by atoms with van der Waals surface area (Å²) in [7, 11) is 0. The first-order valence-electron chi connectivity index (χ1n) is 7.76. The van der Waals surface area contributed by atoms with Crippen LogP contribution in [0.25, 0.3) is 0 Å². The molecular formula is C17H21F3N4. The van der Waals surface area contributed by atoms with Crippen molar-refractivity contribution in [2.45, 2.75) is 46.3 Å². The van der Waals surface area contributed by atoms with Gasteiger partial charge in [-0.1, -0.05) is 25.1 Å². The average molecular weight is 338 g/mol. The number of hydrogen-bond acceptors (Lipinski definition) is 4. The van der Waals surface area contributed by atoms with Crippen molar-refractivity contribution in [3.05, 3.63) is 41.1 Å². The fourth-order valence-corrected chi connectivity index (χ4v) is 2.18. The van der Waals surface area contributed by atoms with Gasteiger partial charge in [-0.15, -0.1) is 0 Å². The molecule has 24 heavy (non-hydrogen) atoms. The highest BCUT2D eigenvalue weighted by Gasteiger charge is 2.34. The van der Waals surface area contributed by atoms with E-state index in [1.807, 2.05) is 45.9 Å². The molecule has 0 aliphatic heterocycles. The van der Waals surface area contributed by atoms with E-state index in [-0.39, 0.29) is 17.8 Å². The van der Waals surface area contributed by atoms with Crippen molar-refractivity contribution in [3.8, 4) is 0 Å². The summed E-state index contributed by atoms with van der Waals surface area (Å²) in [4.78, 5) is 7.77. The summed E-state index contributed by atoms with van der Waals surface area (Å²) in [5, 5.41) is 5.89. The largest absolute Gasteiger partial charge is 0.433 e. The molecule has 130 valence electrons.